The number of nitro groups is 1. The summed E-state index contributed by atoms with van der Waals surface area (Å²) >= 11 is 0. The van der Waals surface area contributed by atoms with E-state index in [1.54, 1.807) is 12.3 Å². The number of amides is 1. The minimum absolute atomic E-state index is 0.0205. The summed E-state index contributed by atoms with van der Waals surface area (Å²) in [5.41, 5.74) is 0.884. The van der Waals surface area contributed by atoms with E-state index in [1.165, 1.54) is 4.90 Å². The van der Waals surface area contributed by atoms with E-state index >= 15 is 0 Å². The molecular formula is C23H33N5O5. The molecule has 2 saturated heterocycles. The molecule has 2 fully saturated rings. The normalized spacial score (nSPS) is 22.8. The van der Waals surface area contributed by atoms with Crippen LogP contribution in [0.2, 0.25) is 0 Å². The predicted molar refractivity (Wildman–Crippen MR) is 125 cm³/mol. The van der Waals surface area contributed by atoms with Crippen LogP contribution in [-0.2, 0) is 4.74 Å². The lowest BCUT2D eigenvalue weighted by atomic mass is 9.80. The van der Waals surface area contributed by atoms with Gasteiger partial charge in [-0.15, -0.1) is 0 Å². The first kappa shape index (κ1) is 23.3. The van der Waals surface area contributed by atoms with Gasteiger partial charge in [0.05, 0.1) is 28.7 Å². The topological polar surface area (TPSA) is 123 Å². The van der Waals surface area contributed by atoms with E-state index < -0.39 is 6.09 Å². The standard InChI is InChI=1S/C23H33N5O5/c1-23(2,3)21-17(6-4-5-9-26(21)22(29)30)25-18-13-19-15(12-20(18)28(31)32)14-24-27(19)16-7-10-33-11-8-16/h12-14,16-17,21,25H,4-11H2,1-3H3,(H,29,30)/t17?,21-/m0/s1. The highest BCUT2D eigenvalue weighted by molar-refractivity contribution is 5.87. The average molecular weight is 460 g/mol. The number of carboxylic acid groups (broad SMARTS) is 1. The number of hydrogen-bond acceptors (Lipinski definition) is 6. The molecule has 0 radical (unpaired) electrons. The molecule has 1 aromatic carbocycles. The summed E-state index contributed by atoms with van der Waals surface area (Å²) in [6.45, 7) is 7.87. The smallest absolute Gasteiger partial charge is 0.407 e. The van der Waals surface area contributed by atoms with E-state index in [0.717, 1.165) is 43.0 Å². The van der Waals surface area contributed by atoms with Crippen molar-refractivity contribution < 1.29 is 19.6 Å². The Balaban J connectivity index is 1.75. The molecule has 33 heavy (non-hydrogen) atoms. The van der Waals surface area contributed by atoms with Crippen molar-refractivity contribution in [1.82, 2.24) is 14.7 Å². The third-order valence-electron chi connectivity index (χ3n) is 6.80. The second-order valence-electron chi connectivity index (χ2n) is 10.2. The molecular weight excluding hydrogens is 426 g/mol. The van der Waals surface area contributed by atoms with E-state index in [0.29, 0.717) is 25.4 Å². The molecule has 10 nitrogen and oxygen atoms in total. The minimum atomic E-state index is -0.953. The first-order valence-corrected chi connectivity index (χ1v) is 11.7. The quantitative estimate of drug-likeness (QED) is 0.504. The summed E-state index contributed by atoms with van der Waals surface area (Å²) < 4.78 is 7.42. The second kappa shape index (κ2) is 9.17. The molecule has 0 bridgehead atoms. The Labute approximate surface area is 193 Å². The molecule has 1 amide bonds. The van der Waals surface area contributed by atoms with Gasteiger partial charge in [-0.1, -0.05) is 20.8 Å². The fraction of sp³-hybridized carbons (Fsp3) is 0.652. The number of fused-ring (bicyclic) bond motifs is 1. The van der Waals surface area contributed by atoms with Crippen molar-refractivity contribution in [2.75, 3.05) is 25.1 Å². The lowest BCUT2D eigenvalue weighted by molar-refractivity contribution is -0.383. The summed E-state index contributed by atoms with van der Waals surface area (Å²) in [6, 6.07) is 2.99. The number of carbonyl (C=O) groups is 1. The van der Waals surface area contributed by atoms with Crippen molar-refractivity contribution in [3.8, 4) is 0 Å². The van der Waals surface area contributed by atoms with Crippen LogP contribution >= 0.6 is 0 Å². The van der Waals surface area contributed by atoms with Crippen LogP contribution in [-0.4, -0.2) is 62.6 Å². The fourth-order valence-corrected chi connectivity index (χ4v) is 5.37. The van der Waals surface area contributed by atoms with Gasteiger partial charge in [0.1, 0.15) is 5.69 Å². The zero-order valence-corrected chi connectivity index (χ0v) is 19.5. The van der Waals surface area contributed by atoms with Crippen LogP contribution in [0.4, 0.5) is 16.2 Å². The summed E-state index contributed by atoms with van der Waals surface area (Å²) in [7, 11) is 0. The molecule has 1 unspecified atom stereocenters. The summed E-state index contributed by atoms with van der Waals surface area (Å²) in [5.74, 6) is 0. The van der Waals surface area contributed by atoms with Crippen LogP contribution in [0.15, 0.2) is 18.3 Å². The predicted octanol–water partition coefficient (Wildman–Crippen LogP) is 4.66. The van der Waals surface area contributed by atoms with Crippen LogP contribution in [0.3, 0.4) is 0 Å². The number of aromatic nitrogens is 2. The van der Waals surface area contributed by atoms with Crippen molar-refractivity contribution in [3.63, 3.8) is 0 Å². The number of hydrogen-bond donors (Lipinski definition) is 2. The molecule has 2 N–H and O–H groups in total. The molecule has 2 aliphatic heterocycles. The van der Waals surface area contributed by atoms with E-state index in [9.17, 15) is 20.0 Å². The van der Waals surface area contributed by atoms with E-state index in [-0.39, 0.29) is 34.2 Å². The molecule has 0 spiro atoms. The Morgan fingerprint density at radius 1 is 1.24 bits per heavy atom. The van der Waals surface area contributed by atoms with Gasteiger partial charge in [0.2, 0.25) is 0 Å². The van der Waals surface area contributed by atoms with Crippen LogP contribution in [0.1, 0.15) is 58.9 Å². The molecule has 2 atom stereocenters. The van der Waals surface area contributed by atoms with Crippen molar-refractivity contribution in [3.05, 3.63) is 28.4 Å². The highest BCUT2D eigenvalue weighted by atomic mass is 16.6. The SMILES string of the molecule is CC(C)(C)[C@@H]1C(Nc2cc3c(cnn3C3CCOCC3)cc2[N+](=O)[O-])CCCCN1C(=O)O. The van der Waals surface area contributed by atoms with Gasteiger partial charge in [-0.05, 0) is 43.6 Å². The van der Waals surface area contributed by atoms with Gasteiger partial charge in [-0.25, -0.2) is 4.79 Å². The van der Waals surface area contributed by atoms with Crippen LogP contribution in [0, 0.1) is 15.5 Å². The number of nitro benzene ring substituents is 1. The number of nitrogens with zero attached hydrogens (tertiary/aromatic N) is 4. The maximum atomic E-state index is 12.1. The third kappa shape index (κ3) is 4.75. The zero-order valence-electron chi connectivity index (χ0n) is 19.5. The molecule has 1 aromatic heterocycles. The number of rotatable bonds is 4. The number of nitrogens with one attached hydrogen (secondary N) is 1. The van der Waals surface area contributed by atoms with Crippen LogP contribution < -0.4 is 5.32 Å². The monoisotopic (exact) mass is 459 g/mol. The molecule has 0 saturated carbocycles. The van der Waals surface area contributed by atoms with Gasteiger partial charge in [0.25, 0.3) is 5.69 Å². The number of benzene rings is 1. The Kier molecular flexibility index (Phi) is 6.47. The average Bonchev–Trinajstić information content (AvgIpc) is 3.03. The van der Waals surface area contributed by atoms with Crippen molar-refractivity contribution in [1.29, 1.82) is 0 Å². The Morgan fingerprint density at radius 2 is 1.97 bits per heavy atom. The zero-order chi connectivity index (χ0) is 23.8. The lowest BCUT2D eigenvalue weighted by Crippen LogP contribution is -2.54. The van der Waals surface area contributed by atoms with Gasteiger partial charge in [-0.3, -0.25) is 14.8 Å². The molecule has 0 aliphatic carbocycles. The van der Waals surface area contributed by atoms with Crippen molar-refractivity contribution in [2.45, 2.75) is 71.0 Å². The molecule has 180 valence electrons. The maximum Gasteiger partial charge on any atom is 0.407 e. The van der Waals surface area contributed by atoms with Crippen molar-refractivity contribution in [2.24, 2.45) is 5.41 Å². The highest BCUT2D eigenvalue weighted by Crippen LogP contribution is 2.37. The first-order valence-electron chi connectivity index (χ1n) is 11.7. The molecule has 2 aliphatic rings. The Hall–Kier alpha value is -2.88. The van der Waals surface area contributed by atoms with E-state index in [2.05, 4.69) is 10.4 Å². The van der Waals surface area contributed by atoms with Crippen LogP contribution in [0.5, 0.6) is 0 Å². The minimum Gasteiger partial charge on any atom is -0.465 e. The van der Waals surface area contributed by atoms with Gasteiger partial charge in [0.15, 0.2) is 0 Å². The Morgan fingerprint density at radius 3 is 2.61 bits per heavy atom. The molecule has 2 aromatic rings. The van der Waals surface area contributed by atoms with Gasteiger partial charge < -0.3 is 20.1 Å². The van der Waals surface area contributed by atoms with E-state index in [1.807, 2.05) is 31.5 Å². The first-order chi connectivity index (χ1) is 15.7. The third-order valence-corrected chi connectivity index (χ3v) is 6.80. The fourth-order valence-electron chi connectivity index (χ4n) is 5.37. The van der Waals surface area contributed by atoms with E-state index in [4.69, 9.17) is 4.74 Å². The van der Waals surface area contributed by atoms with Crippen molar-refractivity contribution >= 4 is 28.4 Å². The molecule has 3 heterocycles. The molecule has 10 heteroatoms. The number of likely N-dealkylation sites (tertiary alicyclic amines) is 1. The maximum absolute atomic E-state index is 12.1. The number of anilines is 1. The lowest BCUT2D eigenvalue weighted by Gasteiger charge is -2.42. The number of ether oxygens (including phenoxy) is 1. The molecule has 4 rings (SSSR count). The summed E-state index contributed by atoms with van der Waals surface area (Å²) in [6.07, 6.45) is 4.78. The highest BCUT2D eigenvalue weighted by Gasteiger charge is 2.41. The van der Waals surface area contributed by atoms with Crippen LogP contribution in [0.25, 0.3) is 10.9 Å². The van der Waals surface area contributed by atoms with Gasteiger partial charge >= 0.3 is 6.09 Å². The Bertz CT molecular complexity index is 1020. The summed E-state index contributed by atoms with van der Waals surface area (Å²) in [5, 5.41) is 30.5. The van der Waals surface area contributed by atoms with Gasteiger partial charge in [-0.2, -0.15) is 5.10 Å². The largest absolute Gasteiger partial charge is 0.465 e. The van der Waals surface area contributed by atoms with Gasteiger partial charge in [0, 0.05) is 37.3 Å². The summed E-state index contributed by atoms with van der Waals surface area (Å²) in [4.78, 5) is 25.1. The second-order valence-corrected chi connectivity index (χ2v) is 10.2.